The molecule has 0 fully saturated rings. The molecule has 0 aliphatic carbocycles. The number of hydrogen-bond acceptors (Lipinski definition) is 4. The highest BCUT2D eigenvalue weighted by Crippen LogP contribution is 1.85. The first-order valence-corrected chi connectivity index (χ1v) is 4.55. The van der Waals surface area contributed by atoms with Crippen molar-refractivity contribution < 1.29 is 10.2 Å². The van der Waals surface area contributed by atoms with Crippen LogP contribution in [0.3, 0.4) is 0 Å². The summed E-state index contributed by atoms with van der Waals surface area (Å²) in [5, 5.41) is 16.7. The first-order valence-electron chi connectivity index (χ1n) is 4.55. The van der Waals surface area contributed by atoms with Crippen molar-refractivity contribution in [2.24, 2.45) is 11.5 Å². The third-order valence-electron chi connectivity index (χ3n) is 1.43. The van der Waals surface area contributed by atoms with Gasteiger partial charge in [-0.25, -0.2) is 0 Å². The Morgan fingerprint density at radius 2 is 1.21 bits per heavy atom. The zero-order chi connectivity index (χ0) is 11.4. The van der Waals surface area contributed by atoms with Crippen LogP contribution in [0.4, 0.5) is 0 Å². The fourth-order valence-electron chi connectivity index (χ4n) is 0.531. The summed E-state index contributed by atoms with van der Waals surface area (Å²) in [6.45, 7) is 4.97. The summed E-state index contributed by atoms with van der Waals surface area (Å²) in [6.07, 6.45) is 3.58. The van der Waals surface area contributed by atoms with Crippen LogP contribution in [0.15, 0.2) is 23.3 Å². The Labute approximate surface area is 85.9 Å². The molecule has 0 saturated carbocycles. The Morgan fingerprint density at radius 3 is 1.29 bits per heavy atom. The van der Waals surface area contributed by atoms with E-state index < -0.39 is 0 Å². The predicted octanol–water partition coefficient (Wildman–Crippen LogP) is -0.233. The molecule has 14 heavy (non-hydrogen) atoms. The van der Waals surface area contributed by atoms with E-state index in [2.05, 4.69) is 0 Å². The summed E-state index contributed by atoms with van der Waals surface area (Å²) in [7, 11) is 0. The lowest BCUT2D eigenvalue weighted by Gasteiger charge is -1.88. The average Bonchev–Trinajstić information content (AvgIpc) is 2.19. The van der Waals surface area contributed by atoms with E-state index in [0.717, 1.165) is 11.1 Å². The highest BCUT2D eigenvalue weighted by Gasteiger charge is 1.78. The van der Waals surface area contributed by atoms with Crippen molar-refractivity contribution in [3.63, 3.8) is 0 Å². The van der Waals surface area contributed by atoms with Gasteiger partial charge in [0.1, 0.15) is 0 Å². The number of rotatable bonds is 4. The zero-order valence-electron chi connectivity index (χ0n) is 9.03. The molecule has 0 atom stereocenters. The van der Waals surface area contributed by atoms with Crippen LogP contribution < -0.4 is 11.5 Å². The Bertz CT molecular complexity index is 157. The standard InChI is InChI=1S/2C5H11NO/c2*1-5(4-7)2-3-6/h2*2,7H,3-4,6H2,1H3/b2*5-2-. The van der Waals surface area contributed by atoms with E-state index in [-0.39, 0.29) is 13.2 Å². The molecule has 0 heterocycles. The van der Waals surface area contributed by atoms with E-state index in [1.807, 2.05) is 13.8 Å². The van der Waals surface area contributed by atoms with E-state index in [1.165, 1.54) is 0 Å². The molecule has 0 radical (unpaired) electrons. The van der Waals surface area contributed by atoms with Crippen molar-refractivity contribution in [1.29, 1.82) is 0 Å². The van der Waals surface area contributed by atoms with Gasteiger partial charge in [-0.3, -0.25) is 0 Å². The Morgan fingerprint density at radius 1 is 0.929 bits per heavy atom. The highest BCUT2D eigenvalue weighted by atomic mass is 16.3. The quantitative estimate of drug-likeness (QED) is 0.474. The maximum Gasteiger partial charge on any atom is 0.0639 e. The van der Waals surface area contributed by atoms with Gasteiger partial charge in [-0.15, -0.1) is 0 Å². The van der Waals surface area contributed by atoms with Crippen molar-refractivity contribution >= 4 is 0 Å². The second-order valence-electron chi connectivity index (χ2n) is 2.89. The number of nitrogens with two attached hydrogens (primary N) is 2. The minimum absolute atomic E-state index is 0.122. The summed E-state index contributed by atoms with van der Waals surface area (Å²) in [5.74, 6) is 0. The first-order chi connectivity index (χ1) is 6.62. The molecule has 6 N–H and O–H groups in total. The lowest BCUT2D eigenvalue weighted by molar-refractivity contribution is 0.331. The van der Waals surface area contributed by atoms with Crippen molar-refractivity contribution in [2.45, 2.75) is 13.8 Å². The molecule has 0 spiro atoms. The SMILES string of the molecule is C/C(=C/CN)CO.C/C(=C/CN)CO. The molecule has 4 heteroatoms. The summed E-state index contributed by atoms with van der Waals surface area (Å²) in [4.78, 5) is 0. The first kappa shape index (κ1) is 15.8. The van der Waals surface area contributed by atoms with E-state index >= 15 is 0 Å². The van der Waals surface area contributed by atoms with Crippen LogP contribution in [0.25, 0.3) is 0 Å². The molecular formula is C10H22N2O2. The van der Waals surface area contributed by atoms with Gasteiger partial charge in [0.05, 0.1) is 13.2 Å². The smallest absolute Gasteiger partial charge is 0.0639 e. The molecule has 0 amide bonds. The third-order valence-corrected chi connectivity index (χ3v) is 1.43. The molecule has 0 aromatic rings. The number of aliphatic hydroxyl groups is 2. The van der Waals surface area contributed by atoms with Gasteiger partial charge in [0.2, 0.25) is 0 Å². The van der Waals surface area contributed by atoms with E-state index in [1.54, 1.807) is 12.2 Å². The average molecular weight is 202 g/mol. The number of aliphatic hydroxyl groups excluding tert-OH is 2. The van der Waals surface area contributed by atoms with E-state index in [9.17, 15) is 0 Å². The minimum atomic E-state index is 0.122. The van der Waals surface area contributed by atoms with Crippen LogP contribution in [0.2, 0.25) is 0 Å². The van der Waals surface area contributed by atoms with Gasteiger partial charge >= 0.3 is 0 Å². The van der Waals surface area contributed by atoms with Gasteiger partial charge < -0.3 is 21.7 Å². The summed E-state index contributed by atoms with van der Waals surface area (Å²) >= 11 is 0. The Balaban J connectivity index is 0. The number of hydrogen-bond donors (Lipinski definition) is 4. The predicted molar refractivity (Wildman–Crippen MR) is 59.8 cm³/mol. The lowest BCUT2D eigenvalue weighted by Crippen LogP contribution is -1.96. The highest BCUT2D eigenvalue weighted by molar-refractivity contribution is 4.98. The molecular weight excluding hydrogens is 180 g/mol. The van der Waals surface area contributed by atoms with Gasteiger partial charge in [-0.2, -0.15) is 0 Å². The van der Waals surface area contributed by atoms with Crippen molar-refractivity contribution in [3.05, 3.63) is 23.3 Å². The Hall–Kier alpha value is -0.680. The van der Waals surface area contributed by atoms with Crippen molar-refractivity contribution in [1.82, 2.24) is 0 Å². The normalized spacial score (nSPS) is 12.1. The van der Waals surface area contributed by atoms with Crippen LogP contribution in [0.5, 0.6) is 0 Å². The molecule has 0 aliphatic heterocycles. The van der Waals surface area contributed by atoms with Gasteiger partial charge in [-0.05, 0) is 13.8 Å². The fourth-order valence-corrected chi connectivity index (χ4v) is 0.531. The summed E-state index contributed by atoms with van der Waals surface area (Å²) in [5.41, 5.74) is 12.1. The molecule has 0 aromatic heterocycles. The topological polar surface area (TPSA) is 92.5 Å². The second-order valence-corrected chi connectivity index (χ2v) is 2.89. The molecule has 0 aromatic carbocycles. The monoisotopic (exact) mass is 202 g/mol. The molecule has 0 bridgehead atoms. The zero-order valence-corrected chi connectivity index (χ0v) is 9.03. The van der Waals surface area contributed by atoms with Crippen molar-refractivity contribution in [2.75, 3.05) is 26.3 Å². The van der Waals surface area contributed by atoms with Crippen LogP contribution in [0.1, 0.15) is 13.8 Å². The largest absolute Gasteiger partial charge is 0.392 e. The summed E-state index contributed by atoms with van der Waals surface area (Å²) in [6, 6.07) is 0. The molecule has 0 aliphatic rings. The van der Waals surface area contributed by atoms with Gasteiger partial charge in [0.15, 0.2) is 0 Å². The molecule has 4 nitrogen and oxygen atoms in total. The third kappa shape index (κ3) is 13.9. The van der Waals surface area contributed by atoms with Gasteiger partial charge in [0, 0.05) is 13.1 Å². The van der Waals surface area contributed by atoms with Crippen LogP contribution in [-0.2, 0) is 0 Å². The van der Waals surface area contributed by atoms with Crippen LogP contribution >= 0.6 is 0 Å². The molecule has 84 valence electrons. The minimum Gasteiger partial charge on any atom is -0.392 e. The summed E-state index contributed by atoms with van der Waals surface area (Å²) < 4.78 is 0. The fraction of sp³-hybridized carbons (Fsp3) is 0.600. The van der Waals surface area contributed by atoms with Crippen LogP contribution in [-0.4, -0.2) is 36.5 Å². The molecule has 0 saturated heterocycles. The van der Waals surface area contributed by atoms with Gasteiger partial charge in [0.25, 0.3) is 0 Å². The van der Waals surface area contributed by atoms with E-state index in [0.29, 0.717) is 13.1 Å². The molecule has 0 unspecified atom stereocenters. The molecule has 0 rings (SSSR count). The van der Waals surface area contributed by atoms with Crippen LogP contribution in [0, 0.1) is 0 Å². The Kier molecular flexibility index (Phi) is 13.9. The second kappa shape index (κ2) is 12.3. The van der Waals surface area contributed by atoms with Gasteiger partial charge in [-0.1, -0.05) is 23.3 Å². The maximum atomic E-state index is 8.34. The lowest BCUT2D eigenvalue weighted by atomic mass is 10.3. The maximum absolute atomic E-state index is 8.34. The van der Waals surface area contributed by atoms with Crippen molar-refractivity contribution in [3.8, 4) is 0 Å². The van der Waals surface area contributed by atoms with E-state index in [4.69, 9.17) is 21.7 Å².